The smallest absolute Gasteiger partial charge is 0.318 e. The molecular formula is C12H15N3O2. The number of hydrogen-bond acceptors (Lipinski definition) is 3. The molecule has 1 aromatic heterocycles. The molecule has 90 valence electrons. The monoisotopic (exact) mass is 233 g/mol. The third kappa shape index (κ3) is 2.41. The first kappa shape index (κ1) is 11.5. The van der Waals surface area contributed by atoms with E-state index >= 15 is 0 Å². The van der Waals surface area contributed by atoms with Gasteiger partial charge in [-0.1, -0.05) is 11.1 Å². The molecule has 0 aromatic carbocycles. The van der Waals surface area contributed by atoms with Gasteiger partial charge >= 0.3 is 6.03 Å². The number of carbonyl (C=O) groups excluding carboxylic acids is 1. The Morgan fingerprint density at radius 1 is 1.82 bits per heavy atom. The molecule has 1 fully saturated rings. The second-order valence-electron chi connectivity index (χ2n) is 4.08. The molecule has 5 nitrogen and oxygen atoms in total. The molecule has 1 aliphatic heterocycles. The Balaban J connectivity index is 2.07. The highest BCUT2D eigenvalue weighted by atomic mass is 16.5. The summed E-state index contributed by atoms with van der Waals surface area (Å²) in [5.74, 6) is 3.13. The van der Waals surface area contributed by atoms with Gasteiger partial charge in [-0.05, 0) is 19.8 Å². The van der Waals surface area contributed by atoms with Crippen LogP contribution in [0.3, 0.4) is 0 Å². The van der Waals surface area contributed by atoms with Gasteiger partial charge < -0.3 is 14.7 Å². The largest absolute Gasteiger partial charge is 0.359 e. The fourth-order valence-electron chi connectivity index (χ4n) is 2.07. The van der Waals surface area contributed by atoms with Crippen molar-refractivity contribution in [1.82, 2.24) is 15.4 Å². The molecule has 0 saturated carbocycles. The Morgan fingerprint density at radius 3 is 3.29 bits per heavy atom. The van der Waals surface area contributed by atoms with Crippen LogP contribution in [0.15, 0.2) is 10.6 Å². The van der Waals surface area contributed by atoms with E-state index in [0.29, 0.717) is 0 Å². The minimum atomic E-state index is -0.139. The van der Waals surface area contributed by atoms with Crippen molar-refractivity contribution in [1.29, 1.82) is 0 Å². The van der Waals surface area contributed by atoms with E-state index in [1.165, 1.54) is 0 Å². The molecule has 1 aliphatic rings. The van der Waals surface area contributed by atoms with Crippen molar-refractivity contribution in [3.05, 3.63) is 17.5 Å². The number of nitrogens with zero attached hydrogens (tertiary/aromatic N) is 2. The van der Waals surface area contributed by atoms with E-state index in [0.717, 1.165) is 30.8 Å². The first-order valence-corrected chi connectivity index (χ1v) is 5.63. The molecule has 5 heteroatoms. The zero-order valence-electron chi connectivity index (χ0n) is 9.77. The van der Waals surface area contributed by atoms with Crippen LogP contribution in [0.5, 0.6) is 0 Å². The van der Waals surface area contributed by atoms with Crippen LogP contribution in [0, 0.1) is 19.3 Å². The highest BCUT2D eigenvalue weighted by molar-refractivity contribution is 5.75. The van der Waals surface area contributed by atoms with E-state index in [-0.39, 0.29) is 18.6 Å². The number of carbonyl (C=O) groups is 1. The van der Waals surface area contributed by atoms with E-state index in [9.17, 15) is 4.79 Å². The van der Waals surface area contributed by atoms with Gasteiger partial charge in [-0.25, -0.2) is 4.79 Å². The normalized spacial score (nSPS) is 19.1. The predicted molar refractivity (Wildman–Crippen MR) is 62.2 cm³/mol. The zero-order valence-corrected chi connectivity index (χ0v) is 9.77. The van der Waals surface area contributed by atoms with Gasteiger partial charge in [-0.3, -0.25) is 0 Å². The van der Waals surface area contributed by atoms with Gasteiger partial charge in [0.2, 0.25) is 0 Å². The summed E-state index contributed by atoms with van der Waals surface area (Å²) in [6, 6.07) is 1.71. The molecule has 2 amide bonds. The summed E-state index contributed by atoms with van der Waals surface area (Å²) in [5, 5.41) is 6.52. The number of terminal acetylenes is 1. The lowest BCUT2D eigenvalue weighted by molar-refractivity contribution is 0.183. The Kier molecular flexibility index (Phi) is 3.33. The number of aromatic nitrogens is 1. The number of rotatable bonds is 2. The molecule has 1 aromatic rings. The summed E-state index contributed by atoms with van der Waals surface area (Å²) in [4.78, 5) is 13.6. The molecule has 1 unspecified atom stereocenters. The highest BCUT2D eigenvalue weighted by Gasteiger charge is 2.32. The first-order valence-electron chi connectivity index (χ1n) is 5.63. The standard InChI is InChI=1S/C12H15N3O2/c1-3-6-13-12(16)15-7-4-5-10(15)11-8-9(2)14-17-11/h1,8,10H,4-7H2,2H3,(H,13,16). The Hall–Kier alpha value is -1.96. The van der Waals surface area contributed by atoms with Gasteiger partial charge in [0.1, 0.15) is 0 Å². The van der Waals surface area contributed by atoms with E-state index in [4.69, 9.17) is 10.9 Å². The number of amides is 2. The fourth-order valence-corrected chi connectivity index (χ4v) is 2.07. The van der Waals surface area contributed by atoms with Crippen LogP contribution in [0.4, 0.5) is 4.79 Å². The second kappa shape index (κ2) is 4.91. The van der Waals surface area contributed by atoms with Crippen LogP contribution in [-0.2, 0) is 0 Å². The molecule has 1 N–H and O–H groups in total. The highest BCUT2D eigenvalue weighted by Crippen LogP contribution is 2.31. The van der Waals surface area contributed by atoms with Crippen LogP contribution in [-0.4, -0.2) is 29.2 Å². The maximum Gasteiger partial charge on any atom is 0.318 e. The SMILES string of the molecule is C#CCNC(=O)N1CCCC1c1cc(C)no1. The number of nitrogens with one attached hydrogen (secondary N) is 1. The van der Waals surface area contributed by atoms with Crippen LogP contribution < -0.4 is 5.32 Å². The van der Waals surface area contributed by atoms with Crippen molar-refractivity contribution >= 4 is 6.03 Å². The van der Waals surface area contributed by atoms with E-state index in [1.807, 2.05) is 13.0 Å². The summed E-state index contributed by atoms with van der Waals surface area (Å²) in [6.45, 7) is 2.84. The van der Waals surface area contributed by atoms with Gasteiger partial charge in [-0.15, -0.1) is 6.42 Å². The van der Waals surface area contributed by atoms with Gasteiger partial charge in [0.05, 0.1) is 18.3 Å². The summed E-state index contributed by atoms with van der Waals surface area (Å²) in [5.41, 5.74) is 0.830. The number of likely N-dealkylation sites (tertiary alicyclic amines) is 1. The van der Waals surface area contributed by atoms with Crippen LogP contribution in [0.1, 0.15) is 30.3 Å². The van der Waals surface area contributed by atoms with Crippen molar-refractivity contribution in [2.75, 3.05) is 13.1 Å². The number of urea groups is 1. The predicted octanol–water partition coefficient (Wildman–Crippen LogP) is 1.46. The van der Waals surface area contributed by atoms with Gasteiger partial charge in [0.25, 0.3) is 0 Å². The summed E-state index contributed by atoms with van der Waals surface area (Å²) >= 11 is 0. The van der Waals surface area contributed by atoms with Gasteiger partial charge in [0.15, 0.2) is 5.76 Å². The first-order chi connectivity index (χ1) is 8.22. The number of hydrogen-bond donors (Lipinski definition) is 1. The second-order valence-corrected chi connectivity index (χ2v) is 4.08. The molecule has 0 aliphatic carbocycles. The minimum Gasteiger partial charge on any atom is -0.359 e. The lowest BCUT2D eigenvalue weighted by Crippen LogP contribution is -2.39. The van der Waals surface area contributed by atoms with Crippen molar-refractivity contribution in [2.45, 2.75) is 25.8 Å². The molecule has 2 rings (SSSR count). The quantitative estimate of drug-likeness (QED) is 0.787. The Morgan fingerprint density at radius 2 is 2.65 bits per heavy atom. The molecule has 0 spiro atoms. The van der Waals surface area contributed by atoms with E-state index in [1.54, 1.807) is 4.90 Å². The third-order valence-electron chi connectivity index (χ3n) is 2.83. The average molecular weight is 233 g/mol. The Labute approximate surface area is 100 Å². The van der Waals surface area contributed by atoms with E-state index in [2.05, 4.69) is 16.4 Å². The Bertz CT molecular complexity index is 447. The van der Waals surface area contributed by atoms with Crippen molar-refractivity contribution in [2.24, 2.45) is 0 Å². The molecular weight excluding hydrogens is 218 g/mol. The van der Waals surface area contributed by atoms with Gasteiger partial charge in [-0.2, -0.15) is 0 Å². The summed E-state index contributed by atoms with van der Waals surface area (Å²) in [7, 11) is 0. The van der Waals surface area contributed by atoms with Crippen LogP contribution >= 0.6 is 0 Å². The maximum atomic E-state index is 11.9. The average Bonchev–Trinajstić information content (AvgIpc) is 2.93. The molecule has 1 atom stereocenters. The topological polar surface area (TPSA) is 58.4 Å². The van der Waals surface area contributed by atoms with Crippen LogP contribution in [0.25, 0.3) is 0 Å². The summed E-state index contributed by atoms with van der Waals surface area (Å²) in [6.07, 6.45) is 6.98. The van der Waals surface area contributed by atoms with Crippen LogP contribution in [0.2, 0.25) is 0 Å². The summed E-state index contributed by atoms with van der Waals surface area (Å²) < 4.78 is 5.22. The fraction of sp³-hybridized carbons (Fsp3) is 0.500. The van der Waals surface area contributed by atoms with Crippen molar-refractivity contribution in [3.8, 4) is 12.3 Å². The van der Waals surface area contributed by atoms with Gasteiger partial charge in [0, 0.05) is 12.6 Å². The molecule has 17 heavy (non-hydrogen) atoms. The molecule has 1 saturated heterocycles. The van der Waals surface area contributed by atoms with Crippen molar-refractivity contribution in [3.63, 3.8) is 0 Å². The lowest BCUT2D eigenvalue weighted by atomic mass is 10.1. The van der Waals surface area contributed by atoms with E-state index < -0.39 is 0 Å². The molecule has 0 radical (unpaired) electrons. The maximum absolute atomic E-state index is 11.9. The number of aryl methyl sites for hydroxylation is 1. The van der Waals surface area contributed by atoms with Crippen molar-refractivity contribution < 1.29 is 9.32 Å². The lowest BCUT2D eigenvalue weighted by Gasteiger charge is -2.22. The minimum absolute atomic E-state index is 0.0195. The molecule has 0 bridgehead atoms. The zero-order chi connectivity index (χ0) is 12.3. The third-order valence-corrected chi connectivity index (χ3v) is 2.83. The molecule has 2 heterocycles.